The van der Waals surface area contributed by atoms with Gasteiger partial charge in [-0.05, 0) is 125 Å². The summed E-state index contributed by atoms with van der Waals surface area (Å²) in [6, 6.07) is 89.7. The van der Waals surface area contributed by atoms with E-state index in [2.05, 4.69) is 255 Å². The van der Waals surface area contributed by atoms with Crippen LogP contribution in [0.4, 0.5) is 17.1 Å². The lowest BCUT2D eigenvalue weighted by molar-refractivity contribution is 0.637. The number of fused-ring (bicyclic) bond motifs is 9. The molecule has 74 heavy (non-hydrogen) atoms. The minimum absolute atomic E-state index is 0.184. The highest BCUT2D eigenvalue weighted by Crippen LogP contribution is 2.44. The highest BCUT2D eigenvalue weighted by atomic mass is 16.3. The van der Waals surface area contributed by atoms with Crippen LogP contribution in [0.1, 0.15) is 30.5 Å². The number of anilines is 3. The fraction of sp³-hybridized carbons (Fsp3) is 0.0571. The van der Waals surface area contributed by atoms with Crippen LogP contribution in [0, 0.1) is 6.92 Å². The van der Waals surface area contributed by atoms with Gasteiger partial charge in [-0.1, -0.05) is 184 Å². The Labute approximate surface area is 429 Å². The molecular weight excluding hydrogens is 901 g/mol. The van der Waals surface area contributed by atoms with E-state index >= 15 is 0 Å². The van der Waals surface area contributed by atoms with E-state index in [1.165, 1.54) is 44.1 Å². The SMILES string of the molecule is Cc1ccccc1C(C)(C)c1ccc2c3cc(-c4ccc(N(c5ccc(-c6cccc7c6oc6ccccc67)cc5)c5ccc(-c6cccc7c6oc6ccccc67)cc5)cc4)ccc3n(-c3ccccc3)c2c1. The fourth-order valence-corrected chi connectivity index (χ4v) is 11.7. The Morgan fingerprint density at radius 3 is 1.45 bits per heavy atom. The van der Waals surface area contributed by atoms with Crippen molar-refractivity contribution in [3.05, 3.63) is 265 Å². The van der Waals surface area contributed by atoms with Gasteiger partial charge in [-0.3, -0.25) is 0 Å². The summed E-state index contributed by atoms with van der Waals surface area (Å²) in [6.45, 7) is 6.90. The molecule has 0 saturated heterocycles. The summed E-state index contributed by atoms with van der Waals surface area (Å²) in [7, 11) is 0. The van der Waals surface area contributed by atoms with E-state index in [1.54, 1.807) is 0 Å². The van der Waals surface area contributed by atoms with Crippen molar-refractivity contribution in [2.75, 3.05) is 4.90 Å². The van der Waals surface area contributed by atoms with Crippen LogP contribution >= 0.6 is 0 Å². The first-order valence-corrected chi connectivity index (χ1v) is 25.5. The average molecular weight is 951 g/mol. The van der Waals surface area contributed by atoms with Gasteiger partial charge in [0, 0.05) is 71.6 Å². The summed E-state index contributed by atoms with van der Waals surface area (Å²) in [6.07, 6.45) is 0. The largest absolute Gasteiger partial charge is 0.455 e. The summed E-state index contributed by atoms with van der Waals surface area (Å²) >= 11 is 0. The van der Waals surface area contributed by atoms with Gasteiger partial charge in [-0.15, -0.1) is 0 Å². The fourth-order valence-electron chi connectivity index (χ4n) is 11.7. The van der Waals surface area contributed by atoms with Crippen molar-refractivity contribution in [1.82, 2.24) is 4.57 Å². The lowest BCUT2D eigenvalue weighted by Gasteiger charge is -2.28. The van der Waals surface area contributed by atoms with E-state index in [1.807, 2.05) is 24.3 Å². The van der Waals surface area contributed by atoms with Gasteiger partial charge >= 0.3 is 0 Å². The van der Waals surface area contributed by atoms with E-state index in [0.717, 1.165) is 94.4 Å². The highest BCUT2D eigenvalue weighted by molar-refractivity contribution is 6.12. The molecule has 0 amide bonds. The molecule has 0 radical (unpaired) electrons. The Kier molecular flexibility index (Phi) is 10.1. The first-order valence-electron chi connectivity index (χ1n) is 25.5. The second-order valence-electron chi connectivity index (χ2n) is 20.1. The lowest BCUT2D eigenvalue weighted by atomic mass is 9.76. The Bertz CT molecular complexity index is 4280. The number of aryl methyl sites for hydroxylation is 1. The molecule has 0 spiro atoms. The van der Waals surface area contributed by atoms with Gasteiger partial charge in [0.15, 0.2) is 0 Å². The molecule has 0 saturated carbocycles. The number of aromatic nitrogens is 1. The zero-order valence-corrected chi connectivity index (χ0v) is 41.4. The Balaban J connectivity index is 0.857. The molecule has 0 bridgehead atoms. The van der Waals surface area contributed by atoms with E-state index in [0.29, 0.717) is 0 Å². The minimum atomic E-state index is -0.184. The van der Waals surface area contributed by atoms with Crippen LogP contribution in [-0.4, -0.2) is 4.57 Å². The number of hydrogen-bond acceptors (Lipinski definition) is 3. The monoisotopic (exact) mass is 950 g/mol. The maximum Gasteiger partial charge on any atom is 0.143 e. The quantitative estimate of drug-likeness (QED) is 0.145. The van der Waals surface area contributed by atoms with Crippen LogP contribution in [0.2, 0.25) is 0 Å². The van der Waals surface area contributed by atoms with Crippen LogP contribution in [0.5, 0.6) is 0 Å². The maximum atomic E-state index is 6.48. The van der Waals surface area contributed by atoms with Crippen LogP contribution in [-0.2, 0) is 5.41 Å². The lowest BCUT2D eigenvalue weighted by Crippen LogP contribution is -2.20. The van der Waals surface area contributed by atoms with Gasteiger partial charge in [-0.25, -0.2) is 0 Å². The Morgan fingerprint density at radius 2 is 0.865 bits per heavy atom. The third-order valence-electron chi connectivity index (χ3n) is 15.5. The van der Waals surface area contributed by atoms with Crippen molar-refractivity contribution >= 4 is 82.7 Å². The maximum absolute atomic E-state index is 6.48. The van der Waals surface area contributed by atoms with Crippen molar-refractivity contribution in [3.63, 3.8) is 0 Å². The van der Waals surface area contributed by atoms with Crippen molar-refractivity contribution in [1.29, 1.82) is 0 Å². The third kappa shape index (κ3) is 7.05. The molecule has 352 valence electrons. The summed E-state index contributed by atoms with van der Waals surface area (Å²) in [5, 5.41) is 6.96. The van der Waals surface area contributed by atoms with Crippen molar-refractivity contribution in [3.8, 4) is 39.1 Å². The molecule has 0 fully saturated rings. The molecule has 0 aliphatic rings. The molecule has 14 aromatic rings. The van der Waals surface area contributed by atoms with Crippen molar-refractivity contribution < 1.29 is 8.83 Å². The first kappa shape index (κ1) is 43.4. The number of benzene rings is 11. The molecular formula is C70H50N2O2. The summed E-state index contributed by atoms with van der Waals surface area (Å²) < 4.78 is 15.4. The molecule has 4 nitrogen and oxygen atoms in total. The van der Waals surface area contributed by atoms with Crippen LogP contribution in [0.15, 0.2) is 258 Å². The molecule has 3 heterocycles. The molecule has 0 atom stereocenters. The highest BCUT2D eigenvalue weighted by Gasteiger charge is 2.27. The average Bonchev–Trinajstić information content (AvgIpc) is 4.16. The number of furan rings is 2. The van der Waals surface area contributed by atoms with Crippen LogP contribution in [0.3, 0.4) is 0 Å². The number of nitrogens with zero attached hydrogens (tertiary/aromatic N) is 2. The zero-order valence-electron chi connectivity index (χ0n) is 41.4. The van der Waals surface area contributed by atoms with Gasteiger partial charge in [0.05, 0.1) is 11.0 Å². The minimum Gasteiger partial charge on any atom is -0.455 e. The second-order valence-corrected chi connectivity index (χ2v) is 20.1. The number of rotatable bonds is 9. The summed E-state index contributed by atoms with van der Waals surface area (Å²) in [4.78, 5) is 2.34. The molecule has 3 aromatic heterocycles. The molecule has 4 heteroatoms. The van der Waals surface area contributed by atoms with Gasteiger partial charge in [-0.2, -0.15) is 0 Å². The molecule has 0 N–H and O–H groups in total. The predicted molar refractivity (Wildman–Crippen MR) is 310 cm³/mol. The van der Waals surface area contributed by atoms with E-state index in [4.69, 9.17) is 8.83 Å². The van der Waals surface area contributed by atoms with Gasteiger partial charge < -0.3 is 18.3 Å². The van der Waals surface area contributed by atoms with E-state index in [-0.39, 0.29) is 5.41 Å². The normalized spacial score (nSPS) is 12.0. The van der Waals surface area contributed by atoms with Gasteiger partial charge in [0.2, 0.25) is 0 Å². The molecule has 0 aliphatic carbocycles. The van der Waals surface area contributed by atoms with Gasteiger partial charge in [0.1, 0.15) is 22.3 Å². The molecule has 11 aromatic carbocycles. The number of para-hydroxylation sites is 5. The smallest absolute Gasteiger partial charge is 0.143 e. The third-order valence-corrected chi connectivity index (χ3v) is 15.5. The predicted octanol–water partition coefficient (Wildman–Crippen LogP) is 19.7. The molecule has 0 aliphatic heterocycles. The standard InChI is InChI=1S/C70H50N2O2/c1-45-15-7-10-24-63(45)70(2,3)50-34-41-57-62-43-49(33-42-64(62)72(65(57)44-50)51-16-5-4-6-17-51)46-27-35-52(36-28-46)71(53-37-29-47(30-38-53)55-20-13-22-60-58-18-8-11-25-66(58)73-68(55)60)54-39-31-48(32-40-54)56-21-14-23-61-59-19-9-12-26-67(59)74-69(56)61/h4-44H,1-3H3. The van der Waals surface area contributed by atoms with Crippen molar-refractivity contribution in [2.24, 2.45) is 0 Å². The zero-order chi connectivity index (χ0) is 49.5. The number of hydrogen-bond donors (Lipinski definition) is 0. The topological polar surface area (TPSA) is 34.5 Å². The summed E-state index contributed by atoms with van der Waals surface area (Å²) in [5.41, 5.74) is 20.7. The summed E-state index contributed by atoms with van der Waals surface area (Å²) in [5.74, 6) is 0. The van der Waals surface area contributed by atoms with Crippen molar-refractivity contribution in [2.45, 2.75) is 26.2 Å². The molecule has 0 unspecified atom stereocenters. The van der Waals surface area contributed by atoms with E-state index < -0.39 is 0 Å². The van der Waals surface area contributed by atoms with Crippen LogP contribution in [0.25, 0.3) is 105 Å². The molecule has 14 rings (SSSR count). The van der Waals surface area contributed by atoms with Crippen LogP contribution < -0.4 is 4.90 Å². The first-order chi connectivity index (χ1) is 36.4. The second kappa shape index (κ2) is 17.1. The Morgan fingerprint density at radius 1 is 0.365 bits per heavy atom. The Hall–Kier alpha value is -9.38. The van der Waals surface area contributed by atoms with E-state index in [9.17, 15) is 0 Å². The van der Waals surface area contributed by atoms with Gasteiger partial charge in [0.25, 0.3) is 0 Å².